The summed E-state index contributed by atoms with van der Waals surface area (Å²) >= 11 is 0. The summed E-state index contributed by atoms with van der Waals surface area (Å²) < 4.78 is 5.29. The standard InChI is InChI=1S/C16H24N4O4/c1-10(13-18-12(19-24-13)11-6-3-4-7-11)17-15(23)20-9-5-8-16(20,2)14(21)22/h10-11H,3-9H2,1-2H3,(H,17,23)(H,21,22). The molecule has 1 saturated heterocycles. The minimum Gasteiger partial charge on any atom is -0.480 e. The molecule has 2 fully saturated rings. The minimum atomic E-state index is -1.16. The second kappa shape index (κ2) is 6.41. The average Bonchev–Trinajstić information content (AvgIpc) is 3.27. The smallest absolute Gasteiger partial charge is 0.329 e. The van der Waals surface area contributed by atoms with Gasteiger partial charge in [-0.25, -0.2) is 9.59 Å². The van der Waals surface area contributed by atoms with Gasteiger partial charge in [-0.05, 0) is 39.5 Å². The van der Waals surface area contributed by atoms with E-state index in [1.807, 2.05) is 0 Å². The minimum absolute atomic E-state index is 0.347. The molecule has 0 aromatic carbocycles. The molecule has 0 bridgehead atoms. The van der Waals surface area contributed by atoms with Gasteiger partial charge in [0, 0.05) is 12.5 Å². The molecule has 1 aliphatic heterocycles. The van der Waals surface area contributed by atoms with Gasteiger partial charge < -0.3 is 19.8 Å². The topological polar surface area (TPSA) is 109 Å². The lowest BCUT2D eigenvalue weighted by Gasteiger charge is -2.31. The zero-order valence-corrected chi connectivity index (χ0v) is 14.1. The van der Waals surface area contributed by atoms with E-state index in [1.54, 1.807) is 13.8 Å². The third kappa shape index (κ3) is 2.97. The van der Waals surface area contributed by atoms with Gasteiger partial charge in [-0.1, -0.05) is 18.0 Å². The Morgan fingerprint density at radius 3 is 2.75 bits per heavy atom. The molecule has 3 rings (SSSR count). The van der Waals surface area contributed by atoms with E-state index in [0.717, 1.165) is 12.8 Å². The van der Waals surface area contributed by atoms with Crippen LogP contribution < -0.4 is 5.32 Å². The summed E-state index contributed by atoms with van der Waals surface area (Å²) in [6.07, 6.45) is 5.65. The summed E-state index contributed by atoms with van der Waals surface area (Å²) in [5.41, 5.74) is -1.16. The second-order valence-electron chi connectivity index (χ2n) is 6.98. The first kappa shape index (κ1) is 16.7. The van der Waals surface area contributed by atoms with Gasteiger partial charge in [0.2, 0.25) is 5.89 Å². The van der Waals surface area contributed by atoms with Crippen LogP contribution in [0.15, 0.2) is 4.52 Å². The van der Waals surface area contributed by atoms with Gasteiger partial charge >= 0.3 is 12.0 Å². The zero-order chi connectivity index (χ0) is 17.3. The third-order valence-corrected chi connectivity index (χ3v) is 5.24. The van der Waals surface area contributed by atoms with Crippen LogP contribution in [-0.4, -0.2) is 44.2 Å². The molecule has 1 saturated carbocycles. The fourth-order valence-electron chi connectivity index (χ4n) is 3.61. The Kier molecular flexibility index (Phi) is 4.47. The number of carboxylic acid groups (broad SMARTS) is 1. The maximum atomic E-state index is 12.5. The number of likely N-dealkylation sites (tertiary alicyclic amines) is 1. The van der Waals surface area contributed by atoms with Crippen LogP contribution in [0.2, 0.25) is 0 Å². The molecule has 2 N–H and O–H groups in total. The Morgan fingerprint density at radius 1 is 1.38 bits per heavy atom. The van der Waals surface area contributed by atoms with Crippen molar-refractivity contribution in [3.8, 4) is 0 Å². The lowest BCUT2D eigenvalue weighted by Crippen LogP contribution is -2.54. The van der Waals surface area contributed by atoms with Crippen molar-refractivity contribution in [1.82, 2.24) is 20.4 Å². The average molecular weight is 336 g/mol. The van der Waals surface area contributed by atoms with Crippen LogP contribution in [0, 0.1) is 0 Å². The Labute approximate surface area is 140 Å². The molecule has 1 aromatic heterocycles. The summed E-state index contributed by atoms with van der Waals surface area (Å²) in [5.74, 6) is 0.435. The summed E-state index contributed by atoms with van der Waals surface area (Å²) in [7, 11) is 0. The van der Waals surface area contributed by atoms with E-state index < -0.39 is 23.6 Å². The number of rotatable bonds is 4. The van der Waals surface area contributed by atoms with Crippen molar-refractivity contribution in [3.05, 3.63) is 11.7 Å². The van der Waals surface area contributed by atoms with E-state index in [1.165, 1.54) is 17.7 Å². The SMILES string of the molecule is CC(NC(=O)N1CCCC1(C)C(=O)O)c1nc(C2CCCC2)no1. The second-order valence-corrected chi connectivity index (χ2v) is 6.98. The van der Waals surface area contributed by atoms with Crippen LogP contribution in [0.3, 0.4) is 0 Å². The van der Waals surface area contributed by atoms with E-state index in [4.69, 9.17) is 4.52 Å². The van der Waals surface area contributed by atoms with Crippen LogP contribution in [0.1, 0.15) is 76.0 Å². The molecule has 8 nitrogen and oxygen atoms in total. The maximum Gasteiger partial charge on any atom is 0.329 e. The summed E-state index contributed by atoms with van der Waals surface area (Å²) in [6, 6.07) is -0.871. The number of carbonyl (C=O) groups excluding carboxylic acids is 1. The van der Waals surface area contributed by atoms with Gasteiger partial charge in [0.05, 0.1) is 0 Å². The van der Waals surface area contributed by atoms with Gasteiger partial charge in [0.25, 0.3) is 0 Å². The number of aromatic nitrogens is 2. The van der Waals surface area contributed by atoms with Crippen molar-refractivity contribution in [2.45, 2.75) is 69.9 Å². The van der Waals surface area contributed by atoms with Crippen LogP contribution in [0.4, 0.5) is 4.79 Å². The summed E-state index contributed by atoms with van der Waals surface area (Å²) in [6.45, 7) is 3.77. The number of nitrogens with one attached hydrogen (secondary N) is 1. The molecule has 2 unspecified atom stereocenters. The molecule has 1 aromatic rings. The number of carbonyl (C=O) groups is 2. The zero-order valence-electron chi connectivity index (χ0n) is 14.1. The number of aliphatic carboxylic acids is 1. The number of hydrogen-bond acceptors (Lipinski definition) is 5. The van der Waals surface area contributed by atoms with Crippen LogP contribution in [0.5, 0.6) is 0 Å². The van der Waals surface area contributed by atoms with Crippen molar-refractivity contribution in [2.75, 3.05) is 6.54 Å². The van der Waals surface area contributed by atoms with Gasteiger partial charge in [-0.15, -0.1) is 0 Å². The molecule has 0 spiro atoms. The Morgan fingerprint density at radius 2 is 2.08 bits per heavy atom. The van der Waals surface area contributed by atoms with E-state index in [0.29, 0.717) is 37.0 Å². The van der Waals surface area contributed by atoms with Crippen LogP contribution in [0.25, 0.3) is 0 Å². The molecule has 1 aliphatic carbocycles. The van der Waals surface area contributed by atoms with Crippen LogP contribution in [-0.2, 0) is 4.79 Å². The first-order chi connectivity index (χ1) is 11.4. The molecule has 2 atom stereocenters. The number of amides is 2. The lowest BCUT2D eigenvalue weighted by molar-refractivity contribution is -0.147. The number of carboxylic acids is 1. The van der Waals surface area contributed by atoms with Gasteiger partial charge in [0.15, 0.2) is 5.82 Å². The molecule has 132 valence electrons. The van der Waals surface area contributed by atoms with Crippen molar-refractivity contribution in [2.24, 2.45) is 0 Å². The van der Waals surface area contributed by atoms with E-state index in [-0.39, 0.29) is 0 Å². The third-order valence-electron chi connectivity index (χ3n) is 5.24. The number of nitrogens with zero attached hydrogens (tertiary/aromatic N) is 3. The van der Waals surface area contributed by atoms with Crippen molar-refractivity contribution >= 4 is 12.0 Å². The molecular formula is C16H24N4O4. The van der Waals surface area contributed by atoms with Gasteiger partial charge in [0.1, 0.15) is 11.6 Å². The Bertz CT molecular complexity index is 625. The summed E-state index contributed by atoms with van der Waals surface area (Å²) in [4.78, 5) is 29.7. The molecular weight excluding hydrogens is 312 g/mol. The fourth-order valence-corrected chi connectivity index (χ4v) is 3.61. The maximum absolute atomic E-state index is 12.5. The van der Waals surface area contributed by atoms with Crippen molar-refractivity contribution in [1.29, 1.82) is 0 Å². The molecule has 2 amide bonds. The lowest BCUT2D eigenvalue weighted by atomic mass is 10.00. The van der Waals surface area contributed by atoms with E-state index >= 15 is 0 Å². The van der Waals surface area contributed by atoms with E-state index in [2.05, 4.69) is 15.5 Å². The first-order valence-electron chi connectivity index (χ1n) is 8.57. The molecule has 2 heterocycles. The quantitative estimate of drug-likeness (QED) is 0.874. The van der Waals surface area contributed by atoms with Crippen molar-refractivity contribution in [3.63, 3.8) is 0 Å². The highest BCUT2D eigenvalue weighted by molar-refractivity contribution is 5.86. The highest BCUT2D eigenvalue weighted by Gasteiger charge is 2.46. The van der Waals surface area contributed by atoms with Crippen molar-refractivity contribution < 1.29 is 19.2 Å². The Balaban J connectivity index is 1.65. The number of urea groups is 1. The molecule has 2 aliphatic rings. The number of hydrogen-bond donors (Lipinski definition) is 2. The molecule has 8 heteroatoms. The molecule has 0 radical (unpaired) electrons. The highest BCUT2D eigenvalue weighted by atomic mass is 16.5. The largest absolute Gasteiger partial charge is 0.480 e. The highest BCUT2D eigenvalue weighted by Crippen LogP contribution is 2.33. The molecule has 24 heavy (non-hydrogen) atoms. The Hall–Kier alpha value is -2.12. The monoisotopic (exact) mass is 336 g/mol. The van der Waals surface area contributed by atoms with Gasteiger partial charge in [-0.3, -0.25) is 0 Å². The van der Waals surface area contributed by atoms with Gasteiger partial charge in [-0.2, -0.15) is 4.98 Å². The van der Waals surface area contributed by atoms with Crippen LogP contribution >= 0.6 is 0 Å². The predicted molar refractivity (Wildman–Crippen MR) is 84.4 cm³/mol. The predicted octanol–water partition coefficient (Wildman–Crippen LogP) is 2.44. The van der Waals surface area contributed by atoms with E-state index in [9.17, 15) is 14.7 Å². The first-order valence-corrected chi connectivity index (χ1v) is 8.57. The summed E-state index contributed by atoms with van der Waals surface area (Å²) in [5, 5.41) is 16.2. The normalized spacial score (nSPS) is 25.8. The fraction of sp³-hybridized carbons (Fsp3) is 0.750.